The van der Waals surface area contributed by atoms with Crippen molar-refractivity contribution in [3.63, 3.8) is 0 Å². The zero-order chi connectivity index (χ0) is 15.0. The van der Waals surface area contributed by atoms with E-state index in [1.807, 2.05) is 0 Å². The van der Waals surface area contributed by atoms with Crippen LogP contribution in [0.3, 0.4) is 0 Å². The van der Waals surface area contributed by atoms with Crippen molar-refractivity contribution in [1.82, 2.24) is 5.32 Å². The van der Waals surface area contributed by atoms with Crippen LogP contribution in [-0.2, 0) is 0 Å². The van der Waals surface area contributed by atoms with E-state index >= 15 is 0 Å². The van der Waals surface area contributed by atoms with Crippen molar-refractivity contribution in [3.05, 3.63) is 38.9 Å². The minimum atomic E-state index is -0.525. The maximum absolute atomic E-state index is 12.2. The molecular weight excluding hydrogens is 292 g/mol. The van der Waals surface area contributed by atoms with Crippen LogP contribution < -0.4 is 5.32 Å². The molecule has 3 unspecified atom stereocenters. The maximum Gasteiger partial charge on any atom is 0.270 e. The smallest absolute Gasteiger partial charge is 0.270 e. The van der Waals surface area contributed by atoms with Crippen LogP contribution in [0.4, 0.5) is 5.69 Å². The number of carbonyl (C=O) groups excluding carboxylic acids is 1. The lowest BCUT2D eigenvalue weighted by Crippen LogP contribution is -2.31. The first kappa shape index (κ1) is 14.3. The zero-order valence-corrected chi connectivity index (χ0v) is 12.3. The van der Waals surface area contributed by atoms with Gasteiger partial charge in [-0.1, -0.05) is 18.0 Å². The summed E-state index contributed by atoms with van der Waals surface area (Å²) in [7, 11) is 0. The highest BCUT2D eigenvalue weighted by Crippen LogP contribution is 2.47. The highest BCUT2D eigenvalue weighted by Gasteiger charge is 2.39. The Morgan fingerprint density at radius 1 is 1.38 bits per heavy atom. The fourth-order valence-electron chi connectivity index (χ4n) is 3.75. The van der Waals surface area contributed by atoms with Crippen LogP contribution in [-0.4, -0.2) is 17.4 Å². The molecule has 6 heteroatoms. The van der Waals surface area contributed by atoms with E-state index in [-0.39, 0.29) is 22.2 Å². The topological polar surface area (TPSA) is 72.2 Å². The summed E-state index contributed by atoms with van der Waals surface area (Å²) in [5.41, 5.74) is 0.0542. The number of benzene rings is 1. The predicted molar refractivity (Wildman–Crippen MR) is 79.4 cm³/mol. The van der Waals surface area contributed by atoms with Crippen molar-refractivity contribution < 1.29 is 9.72 Å². The number of nitro benzene ring substituents is 1. The largest absolute Gasteiger partial charge is 0.352 e. The van der Waals surface area contributed by atoms with Gasteiger partial charge in [0.1, 0.15) is 0 Å². The second kappa shape index (κ2) is 5.64. The van der Waals surface area contributed by atoms with Crippen LogP contribution in [0.1, 0.15) is 36.0 Å². The van der Waals surface area contributed by atoms with Crippen LogP contribution >= 0.6 is 11.6 Å². The molecule has 3 rings (SSSR count). The molecule has 0 spiro atoms. The second-order valence-corrected chi connectivity index (χ2v) is 6.47. The van der Waals surface area contributed by atoms with Crippen LogP contribution in [0.15, 0.2) is 18.2 Å². The maximum atomic E-state index is 12.2. The summed E-state index contributed by atoms with van der Waals surface area (Å²) in [5.74, 6) is 1.78. The minimum absolute atomic E-state index is 0.121. The van der Waals surface area contributed by atoms with Crippen molar-refractivity contribution in [2.24, 2.45) is 17.8 Å². The fraction of sp³-hybridized carbons (Fsp3) is 0.533. The van der Waals surface area contributed by atoms with Crippen LogP contribution in [0, 0.1) is 27.9 Å². The lowest BCUT2D eigenvalue weighted by Gasteiger charge is -2.21. The third-order valence-corrected chi connectivity index (χ3v) is 5.14. The van der Waals surface area contributed by atoms with Gasteiger partial charge < -0.3 is 5.32 Å². The van der Waals surface area contributed by atoms with Gasteiger partial charge in [0.05, 0.1) is 15.5 Å². The number of hydrogen-bond acceptors (Lipinski definition) is 3. The molecule has 0 radical (unpaired) electrons. The van der Waals surface area contributed by atoms with E-state index in [1.165, 1.54) is 43.9 Å². The third kappa shape index (κ3) is 2.88. The summed E-state index contributed by atoms with van der Waals surface area (Å²) in [6, 6.07) is 3.93. The fourth-order valence-corrected chi connectivity index (χ4v) is 3.95. The normalized spacial score (nSPS) is 26.8. The van der Waals surface area contributed by atoms with Crippen molar-refractivity contribution in [3.8, 4) is 0 Å². The number of nitrogens with one attached hydrogen (secondary N) is 1. The van der Waals surface area contributed by atoms with Gasteiger partial charge in [0.15, 0.2) is 0 Å². The third-order valence-electron chi connectivity index (χ3n) is 4.81. The molecule has 2 bridgehead atoms. The molecule has 0 heterocycles. The van der Waals surface area contributed by atoms with Crippen molar-refractivity contribution >= 4 is 23.2 Å². The van der Waals surface area contributed by atoms with E-state index in [0.29, 0.717) is 12.5 Å². The molecule has 0 saturated heterocycles. The molecule has 0 aliphatic heterocycles. The molecule has 1 N–H and O–H groups in total. The van der Waals surface area contributed by atoms with Gasteiger partial charge in [-0.05, 0) is 43.1 Å². The van der Waals surface area contributed by atoms with Gasteiger partial charge in [-0.15, -0.1) is 0 Å². The molecule has 2 aliphatic rings. The zero-order valence-electron chi connectivity index (χ0n) is 11.5. The number of hydrogen-bond donors (Lipinski definition) is 1. The molecule has 0 aromatic heterocycles. The molecular formula is C15H17ClN2O3. The molecule has 2 saturated carbocycles. The number of nitro groups is 1. The molecule has 21 heavy (non-hydrogen) atoms. The van der Waals surface area contributed by atoms with Gasteiger partial charge in [-0.25, -0.2) is 0 Å². The Balaban J connectivity index is 1.65. The van der Waals surface area contributed by atoms with E-state index in [4.69, 9.17) is 11.6 Å². The monoisotopic (exact) mass is 308 g/mol. The van der Waals surface area contributed by atoms with Crippen LogP contribution in [0.5, 0.6) is 0 Å². The number of amides is 1. The molecule has 5 nitrogen and oxygen atoms in total. The highest BCUT2D eigenvalue weighted by atomic mass is 35.5. The number of fused-ring (bicyclic) bond motifs is 2. The van der Waals surface area contributed by atoms with Crippen molar-refractivity contribution in [1.29, 1.82) is 0 Å². The van der Waals surface area contributed by atoms with E-state index in [1.54, 1.807) is 0 Å². The number of non-ortho nitro benzene ring substituents is 1. The highest BCUT2D eigenvalue weighted by molar-refractivity contribution is 6.33. The van der Waals surface area contributed by atoms with Gasteiger partial charge in [0.2, 0.25) is 0 Å². The summed E-state index contributed by atoms with van der Waals surface area (Å²) in [4.78, 5) is 22.4. The Morgan fingerprint density at radius 3 is 2.81 bits per heavy atom. The van der Waals surface area contributed by atoms with Crippen molar-refractivity contribution in [2.45, 2.75) is 25.7 Å². The molecule has 1 aromatic carbocycles. The molecule has 112 valence electrons. The van der Waals surface area contributed by atoms with E-state index in [0.717, 1.165) is 11.8 Å². The predicted octanol–water partition coefficient (Wildman–Crippen LogP) is 3.41. The summed E-state index contributed by atoms with van der Waals surface area (Å²) >= 11 is 5.97. The Kier molecular flexibility index (Phi) is 3.85. The molecule has 1 aromatic rings. The van der Waals surface area contributed by atoms with E-state index in [9.17, 15) is 14.9 Å². The summed E-state index contributed by atoms with van der Waals surface area (Å²) < 4.78 is 0. The standard InChI is InChI=1S/C15H17ClN2O3/c16-14-4-3-12(18(20)21)7-13(14)15(19)17-8-11-6-9-1-2-10(11)5-9/h3-4,7,9-11H,1-2,5-6,8H2,(H,17,19). The Labute approximate surface area is 127 Å². The van der Waals surface area contributed by atoms with E-state index < -0.39 is 4.92 Å². The summed E-state index contributed by atoms with van der Waals surface area (Å²) in [5, 5.41) is 13.9. The quantitative estimate of drug-likeness (QED) is 0.684. The Bertz CT molecular complexity index is 590. The average Bonchev–Trinajstić information content (AvgIpc) is 3.07. The first-order chi connectivity index (χ1) is 10.0. The number of carbonyl (C=O) groups is 1. The van der Waals surface area contributed by atoms with Gasteiger partial charge in [-0.3, -0.25) is 14.9 Å². The molecule has 2 fully saturated rings. The number of rotatable bonds is 4. The first-order valence-corrected chi connectivity index (χ1v) is 7.64. The molecule has 3 atom stereocenters. The summed E-state index contributed by atoms with van der Waals surface area (Å²) in [6.45, 7) is 0.638. The first-order valence-electron chi connectivity index (χ1n) is 7.26. The van der Waals surface area contributed by atoms with Gasteiger partial charge >= 0.3 is 0 Å². The summed E-state index contributed by atoms with van der Waals surface area (Å²) in [6.07, 6.45) is 5.07. The number of nitrogens with zero attached hydrogens (tertiary/aromatic N) is 1. The molecule has 2 aliphatic carbocycles. The second-order valence-electron chi connectivity index (χ2n) is 6.07. The average molecular weight is 309 g/mol. The Hall–Kier alpha value is -1.62. The van der Waals surface area contributed by atoms with Crippen LogP contribution in [0.25, 0.3) is 0 Å². The molecule has 1 amide bonds. The lowest BCUT2D eigenvalue weighted by atomic mass is 9.89. The number of halogens is 1. The minimum Gasteiger partial charge on any atom is -0.352 e. The van der Waals surface area contributed by atoms with Gasteiger partial charge in [-0.2, -0.15) is 0 Å². The van der Waals surface area contributed by atoms with Gasteiger partial charge in [0.25, 0.3) is 11.6 Å². The Morgan fingerprint density at radius 2 is 2.19 bits per heavy atom. The van der Waals surface area contributed by atoms with Gasteiger partial charge in [0, 0.05) is 18.7 Å². The van der Waals surface area contributed by atoms with Crippen molar-refractivity contribution in [2.75, 3.05) is 6.54 Å². The van der Waals surface area contributed by atoms with E-state index in [2.05, 4.69) is 5.32 Å². The SMILES string of the molecule is O=C(NCC1CC2CCC1C2)c1cc([N+](=O)[O-])ccc1Cl. The lowest BCUT2D eigenvalue weighted by molar-refractivity contribution is -0.384. The van der Waals surface area contributed by atoms with Crippen LogP contribution in [0.2, 0.25) is 5.02 Å².